The van der Waals surface area contributed by atoms with Gasteiger partial charge in [-0.25, -0.2) is 4.79 Å². The lowest BCUT2D eigenvalue weighted by Gasteiger charge is -2.19. The fourth-order valence-electron chi connectivity index (χ4n) is 2.95. The molecule has 7 nitrogen and oxygen atoms in total. The molecule has 0 saturated heterocycles. The van der Waals surface area contributed by atoms with Crippen molar-refractivity contribution in [3.8, 4) is 5.75 Å². The molecule has 0 spiro atoms. The first kappa shape index (κ1) is 20.4. The molecule has 2 aromatic rings. The number of amides is 1. The number of carbonyl (C=O) groups excluding carboxylic acids is 1. The largest absolute Gasteiger partial charge is 0.496 e. The van der Waals surface area contributed by atoms with Crippen molar-refractivity contribution in [2.75, 3.05) is 13.7 Å². The first-order valence-corrected chi connectivity index (χ1v) is 9.23. The molecule has 2 unspecified atom stereocenters. The van der Waals surface area contributed by atoms with E-state index in [0.29, 0.717) is 17.9 Å². The van der Waals surface area contributed by atoms with Crippen LogP contribution in [-0.4, -0.2) is 42.8 Å². The van der Waals surface area contributed by atoms with Crippen LogP contribution in [0.1, 0.15) is 17.5 Å². The van der Waals surface area contributed by atoms with E-state index in [0.717, 1.165) is 11.1 Å². The van der Waals surface area contributed by atoms with E-state index in [-0.39, 0.29) is 13.2 Å². The number of carboxylic acid groups (broad SMARTS) is 1. The number of hydrogen-bond acceptors (Lipinski definition) is 5. The standard InChI is InChI=1S/C22H23NO6/c1-27-18-10-6-5-9-16(18)19-11-12-20(29-19)21(24)23-17(22(25)26)14-28-13-15-7-3-2-4-8-15/h2-11,17,20H,12-14H2,1H3,(H,23,24)(H,25,26). The van der Waals surface area contributed by atoms with Crippen molar-refractivity contribution < 1.29 is 28.9 Å². The average Bonchev–Trinajstić information content (AvgIpc) is 3.24. The molecule has 0 fully saturated rings. The van der Waals surface area contributed by atoms with Crippen LogP contribution in [-0.2, 0) is 25.7 Å². The highest BCUT2D eigenvalue weighted by atomic mass is 16.5. The van der Waals surface area contributed by atoms with E-state index in [4.69, 9.17) is 14.2 Å². The summed E-state index contributed by atoms with van der Waals surface area (Å²) in [7, 11) is 1.56. The molecule has 3 rings (SSSR count). The van der Waals surface area contributed by atoms with E-state index in [2.05, 4.69) is 5.32 Å². The molecule has 2 N–H and O–H groups in total. The van der Waals surface area contributed by atoms with Gasteiger partial charge in [0.2, 0.25) is 0 Å². The Morgan fingerprint density at radius 3 is 2.62 bits per heavy atom. The third-order valence-corrected chi connectivity index (χ3v) is 4.46. The van der Waals surface area contributed by atoms with E-state index < -0.39 is 24.0 Å². The molecule has 0 saturated carbocycles. The van der Waals surface area contributed by atoms with Crippen LogP contribution in [0, 0.1) is 0 Å². The van der Waals surface area contributed by atoms with Gasteiger partial charge in [0.25, 0.3) is 5.91 Å². The molecule has 2 aromatic carbocycles. The Bertz CT molecular complexity index is 880. The van der Waals surface area contributed by atoms with E-state index in [1.165, 1.54) is 0 Å². The highest BCUT2D eigenvalue weighted by Crippen LogP contribution is 2.32. The number of methoxy groups -OCH3 is 1. The van der Waals surface area contributed by atoms with Crippen molar-refractivity contribution in [2.24, 2.45) is 0 Å². The van der Waals surface area contributed by atoms with E-state index >= 15 is 0 Å². The Morgan fingerprint density at radius 1 is 1.17 bits per heavy atom. The third-order valence-electron chi connectivity index (χ3n) is 4.46. The molecule has 1 aliphatic rings. The van der Waals surface area contributed by atoms with Gasteiger partial charge in [0.05, 0.1) is 25.9 Å². The monoisotopic (exact) mass is 397 g/mol. The van der Waals surface area contributed by atoms with Crippen LogP contribution in [0.2, 0.25) is 0 Å². The maximum absolute atomic E-state index is 12.5. The van der Waals surface area contributed by atoms with Crippen LogP contribution in [0.25, 0.3) is 5.76 Å². The molecular weight excluding hydrogens is 374 g/mol. The molecule has 0 aliphatic carbocycles. The fraction of sp³-hybridized carbons (Fsp3) is 0.273. The maximum Gasteiger partial charge on any atom is 0.328 e. The average molecular weight is 397 g/mol. The zero-order chi connectivity index (χ0) is 20.6. The first-order valence-electron chi connectivity index (χ1n) is 9.23. The van der Waals surface area contributed by atoms with Gasteiger partial charge in [-0.05, 0) is 23.8 Å². The lowest BCUT2D eigenvalue weighted by molar-refractivity contribution is -0.145. The summed E-state index contributed by atoms with van der Waals surface area (Å²) >= 11 is 0. The number of benzene rings is 2. The van der Waals surface area contributed by atoms with Crippen molar-refractivity contribution in [1.29, 1.82) is 0 Å². The number of rotatable bonds is 9. The van der Waals surface area contributed by atoms with Gasteiger partial charge in [0.15, 0.2) is 12.1 Å². The van der Waals surface area contributed by atoms with Crippen LogP contribution in [0.3, 0.4) is 0 Å². The molecule has 1 heterocycles. The van der Waals surface area contributed by atoms with Crippen LogP contribution in [0.5, 0.6) is 5.75 Å². The van der Waals surface area contributed by atoms with Gasteiger partial charge in [-0.3, -0.25) is 4.79 Å². The number of carboxylic acids is 1. The number of para-hydroxylation sites is 1. The van der Waals surface area contributed by atoms with Crippen molar-refractivity contribution in [3.05, 3.63) is 71.8 Å². The zero-order valence-electron chi connectivity index (χ0n) is 16.0. The topological polar surface area (TPSA) is 94.1 Å². The van der Waals surface area contributed by atoms with Gasteiger partial charge < -0.3 is 24.6 Å². The second kappa shape index (κ2) is 9.75. The summed E-state index contributed by atoms with van der Waals surface area (Å²) in [5, 5.41) is 11.9. The van der Waals surface area contributed by atoms with Crippen molar-refractivity contribution >= 4 is 17.6 Å². The number of ether oxygens (including phenoxy) is 3. The lowest BCUT2D eigenvalue weighted by Crippen LogP contribution is -2.47. The maximum atomic E-state index is 12.5. The van der Waals surface area contributed by atoms with Crippen LogP contribution >= 0.6 is 0 Å². The molecule has 1 amide bonds. The minimum Gasteiger partial charge on any atom is -0.496 e. The summed E-state index contributed by atoms with van der Waals surface area (Å²) in [6.07, 6.45) is 1.34. The van der Waals surface area contributed by atoms with E-state index in [1.54, 1.807) is 19.3 Å². The van der Waals surface area contributed by atoms with Gasteiger partial charge >= 0.3 is 5.97 Å². The normalized spacial score (nSPS) is 16.4. The van der Waals surface area contributed by atoms with E-state index in [9.17, 15) is 14.7 Å². The highest BCUT2D eigenvalue weighted by Gasteiger charge is 2.30. The van der Waals surface area contributed by atoms with Gasteiger partial charge in [0, 0.05) is 6.42 Å². The lowest BCUT2D eigenvalue weighted by atomic mass is 10.1. The van der Waals surface area contributed by atoms with Gasteiger partial charge in [-0.2, -0.15) is 0 Å². The quantitative estimate of drug-likeness (QED) is 0.676. The zero-order valence-corrected chi connectivity index (χ0v) is 16.0. The predicted octanol–water partition coefficient (Wildman–Crippen LogP) is 2.61. The molecule has 29 heavy (non-hydrogen) atoms. The smallest absolute Gasteiger partial charge is 0.328 e. The minimum absolute atomic E-state index is 0.143. The fourth-order valence-corrected chi connectivity index (χ4v) is 2.95. The molecule has 7 heteroatoms. The summed E-state index contributed by atoms with van der Waals surface area (Å²) in [5.74, 6) is -0.489. The summed E-state index contributed by atoms with van der Waals surface area (Å²) < 4.78 is 16.5. The summed E-state index contributed by atoms with van der Waals surface area (Å²) in [5.41, 5.74) is 1.67. The van der Waals surface area contributed by atoms with Crippen LogP contribution in [0.4, 0.5) is 0 Å². The Labute approximate surface area is 168 Å². The Balaban J connectivity index is 1.53. The van der Waals surface area contributed by atoms with Gasteiger partial charge in [0.1, 0.15) is 11.5 Å². The number of nitrogens with one attached hydrogen (secondary N) is 1. The van der Waals surface area contributed by atoms with E-state index in [1.807, 2.05) is 48.5 Å². The molecule has 1 aliphatic heterocycles. The minimum atomic E-state index is -1.16. The summed E-state index contributed by atoms with van der Waals surface area (Å²) in [6.45, 7) is 0.120. The third kappa shape index (κ3) is 5.36. The molecule has 0 aromatic heterocycles. The predicted molar refractivity (Wildman–Crippen MR) is 106 cm³/mol. The number of aliphatic carboxylic acids is 1. The Morgan fingerprint density at radius 2 is 1.90 bits per heavy atom. The Hall–Kier alpha value is -3.32. The SMILES string of the molecule is COc1ccccc1C1=CCC(C(=O)NC(COCc2ccccc2)C(=O)O)O1. The van der Waals surface area contributed by atoms with Gasteiger partial charge in [-0.15, -0.1) is 0 Å². The number of carbonyl (C=O) groups is 2. The molecule has 0 bridgehead atoms. The highest BCUT2D eigenvalue weighted by molar-refractivity contribution is 5.88. The molecule has 0 radical (unpaired) electrons. The summed E-state index contributed by atoms with van der Waals surface area (Å²) in [4.78, 5) is 24.0. The van der Waals surface area contributed by atoms with Crippen molar-refractivity contribution in [3.63, 3.8) is 0 Å². The molecule has 152 valence electrons. The second-order valence-corrected chi connectivity index (χ2v) is 6.51. The van der Waals surface area contributed by atoms with Crippen molar-refractivity contribution in [2.45, 2.75) is 25.2 Å². The van der Waals surface area contributed by atoms with Crippen LogP contribution in [0.15, 0.2) is 60.7 Å². The second-order valence-electron chi connectivity index (χ2n) is 6.51. The van der Waals surface area contributed by atoms with Crippen molar-refractivity contribution in [1.82, 2.24) is 5.32 Å². The molecule has 2 atom stereocenters. The Kier molecular flexibility index (Phi) is 6.86. The summed E-state index contributed by atoms with van der Waals surface area (Å²) in [6, 6.07) is 15.6. The first-order chi connectivity index (χ1) is 14.1. The van der Waals surface area contributed by atoms with Gasteiger partial charge in [-0.1, -0.05) is 42.5 Å². The number of hydrogen-bond donors (Lipinski definition) is 2. The van der Waals surface area contributed by atoms with Crippen LogP contribution < -0.4 is 10.1 Å². The molecular formula is C22H23NO6.